The highest BCUT2D eigenvalue weighted by Gasteiger charge is 2.37. The topological polar surface area (TPSA) is 36.0 Å². The van der Waals surface area contributed by atoms with Crippen molar-refractivity contribution in [1.82, 2.24) is 14.7 Å². The summed E-state index contributed by atoms with van der Waals surface area (Å²) in [5, 5.41) is 0. The van der Waals surface area contributed by atoms with Crippen molar-refractivity contribution < 1.29 is 9.53 Å². The van der Waals surface area contributed by atoms with Crippen molar-refractivity contribution in [2.45, 2.75) is 64.8 Å². The van der Waals surface area contributed by atoms with Crippen LogP contribution in [0.4, 0.5) is 4.79 Å². The Morgan fingerprint density at radius 2 is 1.78 bits per heavy atom. The van der Waals surface area contributed by atoms with Crippen LogP contribution in [0.5, 0.6) is 0 Å². The monoisotopic (exact) mass is 373 g/mol. The molecule has 5 heteroatoms. The molecule has 0 aromatic heterocycles. The van der Waals surface area contributed by atoms with Crippen LogP contribution in [0.2, 0.25) is 0 Å². The van der Waals surface area contributed by atoms with Crippen LogP contribution in [0.15, 0.2) is 30.3 Å². The summed E-state index contributed by atoms with van der Waals surface area (Å²) in [7, 11) is 0. The molecule has 0 saturated carbocycles. The number of carbonyl (C=O) groups is 1. The van der Waals surface area contributed by atoms with Crippen molar-refractivity contribution in [1.29, 1.82) is 0 Å². The molecule has 0 unspecified atom stereocenters. The van der Waals surface area contributed by atoms with Gasteiger partial charge in [-0.3, -0.25) is 9.80 Å². The predicted octanol–water partition coefficient (Wildman–Crippen LogP) is 3.59. The molecule has 150 valence electrons. The molecule has 2 aliphatic heterocycles. The lowest BCUT2D eigenvalue weighted by molar-refractivity contribution is -0.0114. The van der Waals surface area contributed by atoms with Gasteiger partial charge in [-0.05, 0) is 59.2 Å². The zero-order chi connectivity index (χ0) is 19.4. The summed E-state index contributed by atoms with van der Waals surface area (Å²) < 4.78 is 5.64. The van der Waals surface area contributed by atoms with Crippen molar-refractivity contribution in [3.8, 4) is 0 Å². The molecule has 0 N–H and O–H groups in total. The molecule has 27 heavy (non-hydrogen) atoms. The summed E-state index contributed by atoms with van der Waals surface area (Å²) in [5.41, 5.74) is 0.885. The lowest BCUT2D eigenvalue weighted by atomic mass is 10.0. The highest BCUT2D eigenvalue weighted by atomic mass is 16.6. The first kappa shape index (κ1) is 20.2. The fourth-order valence-electron chi connectivity index (χ4n) is 4.20. The predicted molar refractivity (Wildman–Crippen MR) is 109 cm³/mol. The Morgan fingerprint density at radius 1 is 1.11 bits per heavy atom. The lowest BCUT2D eigenvalue weighted by Crippen LogP contribution is -2.61. The van der Waals surface area contributed by atoms with Gasteiger partial charge < -0.3 is 9.64 Å². The van der Waals surface area contributed by atoms with E-state index in [1.54, 1.807) is 0 Å². The van der Waals surface area contributed by atoms with Crippen LogP contribution in [-0.2, 0) is 11.3 Å². The van der Waals surface area contributed by atoms with Crippen LogP contribution >= 0.6 is 0 Å². The van der Waals surface area contributed by atoms with Crippen molar-refractivity contribution in [2.75, 3.05) is 32.7 Å². The molecular formula is C22H35N3O2. The second-order valence-corrected chi connectivity index (χ2v) is 8.93. The number of amides is 1. The Labute approximate surface area is 164 Å². The van der Waals surface area contributed by atoms with Crippen LogP contribution in [-0.4, -0.2) is 71.2 Å². The highest BCUT2D eigenvalue weighted by Crippen LogP contribution is 2.23. The molecule has 0 bridgehead atoms. The van der Waals surface area contributed by atoms with E-state index in [2.05, 4.69) is 47.1 Å². The smallest absolute Gasteiger partial charge is 0.410 e. The fraction of sp³-hybridized carbons (Fsp3) is 0.682. The first-order valence-electron chi connectivity index (χ1n) is 10.3. The number of carbonyl (C=O) groups excluding carboxylic acids is 1. The first-order chi connectivity index (χ1) is 12.8. The van der Waals surface area contributed by atoms with Gasteiger partial charge in [0.15, 0.2) is 0 Å². The molecule has 1 aromatic carbocycles. The van der Waals surface area contributed by atoms with E-state index < -0.39 is 5.60 Å². The van der Waals surface area contributed by atoms with E-state index in [1.807, 2.05) is 25.7 Å². The van der Waals surface area contributed by atoms with Crippen LogP contribution in [0.3, 0.4) is 0 Å². The lowest BCUT2D eigenvalue weighted by Gasteiger charge is -2.46. The molecule has 5 nitrogen and oxygen atoms in total. The fourth-order valence-corrected chi connectivity index (χ4v) is 4.20. The van der Waals surface area contributed by atoms with E-state index in [4.69, 9.17) is 4.74 Å². The van der Waals surface area contributed by atoms with Crippen molar-refractivity contribution in [3.05, 3.63) is 35.9 Å². The summed E-state index contributed by atoms with van der Waals surface area (Å²) in [6.07, 6.45) is 2.39. The summed E-state index contributed by atoms with van der Waals surface area (Å²) in [6.45, 7) is 13.7. The van der Waals surface area contributed by atoms with E-state index in [0.717, 1.165) is 26.2 Å². The maximum absolute atomic E-state index is 12.6. The Hall–Kier alpha value is -1.59. The van der Waals surface area contributed by atoms with Gasteiger partial charge in [0.25, 0.3) is 0 Å². The largest absolute Gasteiger partial charge is 0.444 e. The van der Waals surface area contributed by atoms with Gasteiger partial charge in [-0.2, -0.15) is 0 Å². The Morgan fingerprint density at radius 3 is 2.41 bits per heavy atom. The number of benzene rings is 1. The summed E-state index contributed by atoms with van der Waals surface area (Å²) in [6, 6.07) is 11.4. The van der Waals surface area contributed by atoms with E-state index in [1.165, 1.54) is 31.5 Å². The van der Waals surface area contributed by atoms with Gasteiger partial charge in [0.2, 0.25) is 0 Å². The number of ether oxygens (including phenoxy) is 1. The molecule has 0 aliphatic carbocycles. The van der Waals surface area contributed by atoms with Gasteiger partial charge in [0, 0.05) is 38.3 Å². The van der Waals surface area contributed by atoms with Crippen LogP contribution in [0, 0.1) is 0 Å². The molecule has 0 spiro atoms. The third-order valence-electron chi connectivity index (χ3n) is 5.69. The third kappa shape index (κ3) is 5.45. The average molecular weight is 374 g/mol. The van der Waals surface area contributed by atoms with Gasteiger partial charge in [-0.15, -0.1) is 0 Å². The highest BCUT2D eigenvalue weighted by molar-refractivity contribution is 5.68. The van der Waals surface area contributed by atoms with E-state index in [-0.39, 0.29) is 6.09 Å². The standard InChI is InChI=1S/C22H35N3O2/c1-18(23-12-8-9-13-23)20-17-25(21(26)27-22(2,3)4)15-14-24(20)16-19-10-6-5-7-11-19/h5-7,10-11,18,20H,8-9,12-17H2,1-4H3/t18-,20+/m1/s1. The van der Waals surface area contributed by atoms with Crippen molar-refractivity contribution in [2.24, 2.45) is 0 Å². The zero-order valence-electron chi connectivity index (χ0n) is 17.4. The van der Waals surface area contributed by atoms with Crippen LogP contribution in [0.25, 0.3) is 0 Å². The van der Waals surface area contributed by atoms with Crippen LogP contribution < -0.4 is 0 Å². The normalized spacial score (nSPS) is 23.4. The zero-order valence-corrected chi connectivity index (χ0v) is 17.4. The minimum absolute atomic E-state index is 0.180. The summed E-state index contributed by atoms with van der Waals surface area (Å²) >= 11 is 0. The maximum Gasteiger partial charge on any atom is 0.410 e. The number of likely N-dealkylation sites (tertiary alicyclic amines) is 1. The number of hydrogen-bond acceptors (Lipinski definition) is 4. The molecule has 2 heterocycles. The number of hydrogen-bond donors (Lipinski definition) is 0. The Bertz CT molecular complexity index is 608. The van der Waals surface area contributed by atoms with Crippen LogP contribution in [0.1, 0.15) is 46.1 Å². The molecule has 2 fully saturated rings. The van der Waals surface area contributed by atoms with Crippen molar-refractivity contribution in [3.63, 3.8) is 0 Å². The van der Waals surface area contributed by atoms with Gasteiger partial charge in [0.05, 0.1) is 0 Å². The Kier molecular flexibility index (Phi) is 6.43. The minimum atomic E-state index is -0.450. The molecular weight excluding hydrogens is 338 g/mol. The van der Waals surface area contributed by atoms with E-state index in [9.17, 15) is 4.79 Å². The molecule has 3 rings (SSSR count). The van der Waals surface area contributed by atoms with E-state index in [0.29, 0.717) is 12.1 Å². The van der Waals surface area contributed by atoms with Gasteiger partial charge >= 0.3 is 6.09 Å². The quantitative estimate of drug-likeness (QED) is 0.808. The summed E-state index contributed by atoms with van der Waals surface area (Å²) in [5.74, 6) is 0. The third-order valence-corrected chi connectivity index (χ3v) is 5.69. The number of piperazine rings is 1. The molecule has 1 aromatic rings. The molecule has 1 amide bonds. The van der Waals surface area contributed by atoms with Gasteiger partial charge in [-0.25, -0.2) is 4.79 Å². The molecule has 2 aliphatic rings. The van der Waals surface area contributed by atoms with Gasteiger partial charge in [0.1, 0.15) is 5.60 Å². The minimum Gasteiger partial charge on any atom is -0.444 e. The average Bonchev–Trinajstić information content (AvgIpc) is 3.15. The second kappa shape index (κ2) is 8.61. The van der Waals surface area contributed by atoms with Gasteiger partial charge in [-0.1, -0.05) is 30.3 Å². The SMILES string of the molecule is C[C@H]([C@@H]1CN(C(=O)OC(C)(C)C)CCN1Cc1ccccc1)N1CCCC1. The maximum atomic E-state index is 12.6. The summed E-state index contributed by atoms with van der Waals surface area (Å²) in [4.78, 5) is 19.7. The van der Waals surface area contributed by atoms with E-state index >= 15 is 0 Å². The number of rotatable bonds is 4. The molecule has 2 atom stereocenters. The Balaban J connectivity index is 1.72. The number of nitrogens with zero attached hydrogens (tertiary/aromatic N) is 3. The molecule has 2 saturated heterocycles. The second-order valence-electron chi connectivity index (χ2n) is 8.93. The molecule has 0 radical (unpaired) electrons. The van der Waals surface area contributed by atoms with Crippen molar-refractivity contribution >= 4 is 6.09 Å². The first-order valence-corrected chi connectivity index (χ1v) is 10.3.